The molecule has 3 heteroatoms. The summed E-state index contributed by atoms with van der Waals surface area (Å²) in [7, 11) is 1.91. The van der Waals surface area contributed by atoms with Crippen LogP contribution < -0.4 is 10.6 Å². The maximum atomic E-state index is 12.1. The first kappa shape index (κ1) is 14.3. The molecule has 0 bridgehead atoms. The molecule has 0 aromatic heterocycles. The van der Waals surface area contributed by atoms with E-state index in [1.165, 1.54) is 11.1 Å². The Kier molecular flexibility index (Phi) is 4.91. The third kappa shape index (κ3) is 3.68. The lowest BCUT2D eigenvalue weighted by atomic mass is 10.1. The Morgan fingerprint density at radius 2 is 1.55 bits per heavy atom. The lowest BCUT2D eigenvalue weighted by Crippen LogP contribution is -2.12. The van der Waals surface area contributed by atoms with E-state index in [9.17, 15) is 4.79 Å². The van der Waals surface area contributed by atoms with Gasteiger partial charge in [-0.1, -0.05) is 31.2 Å². The highest BCUT2D eigenvalue weighted by atomic mass is 16.1. The van der Waals surface area contributed by atoms with Crippen molar-refractivity contribution < 1.29 is 4.79 Å². The fourth-order valence-electron chi connectivity index (χ4n) is 2.01. The van der Waals surface area contributed by atoms with Gasteiger partial charge < -0.3 is 10.6 Å². The molecule has 0 saturated heterocycles. The molecule has 2 aromatic rings. The first-order valence-electron chi connectivity index (χ1n) is 6.86. The number of hydrogen-bond donors (Lipinski definition) is 2. The zero-order valence-corrected chi connectivity index (χ0v) is 11.9. The summed E-state index contributed by atoms with van der Waals surface area (Å²) < 4.78 is 0. The highest BCUT2D eigenvalue weighted by Gasteiger charge is 2.05. The van der Waals surface area contributed by atoms with Crippen LogP contribution in [0, 0.1) is 0 Å². The molecule has 0 fully saturated rings. The number of nitrogens with one attached hydrogen (secondary N) is 2. The van der Waals surface area contributed by atoms with E-state index in [0.29, 0.717) is 5.56 Å². The van der Waals surface area contributed by atoms with E-state index < -0.39 is 0 Å². The van der Waals surface area contributed by atoms with E-state index in [2.05, 4.69) is 17.6 Å². The summed E-state index contributed by atoms with van der Waals surface area (Å²) >= 11 is 0. The molecule has 1 amide bonds. The summed E-state index contributed by atoms with van der Waals surface area (Å²) in [5, 5.41) is 6.00. The highest BCUT2D eigenvalue weighted by Crippen LogP contribution is 2.12. The normalized spacial score (nSPS) is 10.3. The maximum Gasteiger partial charge on any atom is 0.255 e. The van der Waals surface area contributed by atoms with E-state index in [-0.39, 0.29) is 5.91 Å². The van der Waals surface area contributed by atoms with Gasteiger partial charge in [0.05, 0.1) is 0 Å². The quantitative estimate of drug-likeness (QED) is 0.874. The van der Waals surface area contributed by atoms with Crippen LogP contribution in [0.2, 0.25) is 0 Å². The maximum absolute atomic E-state index is 12.1. The molecule has 20 heavy (non-hydrogen) atoms. The summed E-state index contributed by atoms with van der Waals surface area (Å²) in [5.74, 6) is -0.0750. The molecule has 0 aliphatic heterocycles. The average molecular weight is 268 g/mol. The van der Waals surface area contributed by atoms with Crippen molar-refractivity contribution in [2.45, 2.75) is 19.9 Å². The predicted molar refractivity (Wildman–Crippen MR) is 83.0 cm³/mol. The number of carbonyl (C=O) groups is 1. The number of hydrogen-bond acceptors (Lipinski definition) is 2. The van der Waals surface area contributed by atoms with Gasteiger partial charge in [-0.25, -0.2) is 0 Å². The second-order valence-corrected chi connectivity index (χ2v) is 4.73. The third-order valence-electron chi connectivity index (χ3n) is 3.22. The molecule has 2 rings (SSSR count). The van der Waals surface area contributed by atoms with Gasteiger partial charge in [-0.05, 0) is 48.9 Å². The molecule has 104 valence electrons. The summed E-state index contributed by atoms with van der Waals surface area (Å²) in [6, 6.07) is 15.6. The first-order chi connectivity index (χ1) is 9.72. The zero-order chi connectivity index (χ0) is 14.4. The fourth-order valence-corrected chi connectivity index (χ4v) is 2.01. The second-order valence-electron chi connectivity index (χ2n) is 4.73. The van der Waals surface area contributed by atoms with E-state index in [1.807, 2.05) is 55.6 Å². The van der Waals surface area contributed by atoms with Crippen molar-refractivity contribution in [3.05, 3.63) is 65.2 Å². The number of aryl methyl sites for hydroxylation is 1. The van der Waals surface area contributed by atoms with Crippen LogP contribution in [-0.2, 0) is 13.0 Å². The number of benzene rings is 2. The number of rotatable bonds is 5. The van der Waals surface area contributed by atoms with E-state index in [1.54, 1.807) is 0 Å². The van der Waals surface area contributed by atoms with Gasteiger partial charge >= 0.3 is 0 Å². The fraction of sp³-hybridized carbons (Fsp3) is 0.235. The topological polar surface area (TPSA) is 41.1 Å². The summed E-state index contributed by atoms with van der Waals surface area (Å²) in [6.45, 7) is 2.93. The molecule has 0 aliphatic carbocycles. The van der Waals surface area contributed by atoms with Gasteiger partial charge in [0.15, 0.2) is 0 Å². The Hall–Kier alpha value is -2.13. The van der Waals surface area contributed by atoms with Crippen molar-refractivity contribution in [2.24, 2.45) is 0 Å². The monoisotopic (exact) mass is 268 g/mol. The van der Waals surface area contributed by atoms with Gasteiger partial charge in [0.2, 0.25) is 0 Å². The number of carbonyl (C=O) groups excluding carboxylic acids is 1. The highest BCUT2D eigenvalue weighted by molar-refractivity contribution is 6.04. The minimum absolute atomic E-state index is 0.0750. The average Bonchev–Trinajstić information content (AvgIpc) is 2.49. The molecule has 2 aromatic carbocycles. The van der Waals surface area contributed by atoms with E-state index in [0.717, 1.165) is 18.7 Å². The lowest BCUT2D eigenvalue weighted by molar-refractivity contribution is 0.102. The van der Waals surface area contributed by atoms with Crippen LogP contribution in [0.5, 0.6) is 0 Å². The Morgan fingerprint density at radius 1 is 0.950 bits per heavy atom. The van der Waals surface area contributed by atoms with Crippen molar-refractivity contribution in [1.29, 1.82) is 0 Å². The van der Waals surface area contributed by atoms with Crippen molar-refractivity contribution >= 4 is 11.6 Å². The zero-order valence-electron chi connectivity index (χ0n) is 11.9. The summed E-state index contributed by atoms with van der Waals surface area (Å²) in [6.07, 6.45) is 0.981. The van der Waals surface area contributed by atoms with E-state index in [4.69, 9.17) is 0 Å². The minimum atomic E-state index is -0.0750. The molecular weight excluding hydrogens is 248 g/mol. The molecule has 0 atom stereocenters. The minimum Gasteiger partial charge on any atom is -0.322 e. The number of amides is 1. The standard InChI is InChI=1S/C17H20N2O/c1-3-13-4-8-15(9-5-13)17(20)19-16-10-6-14(7-11-16)12-18-2/h4-11,18H,3,12H2,1-2H3,(H,19,20). The molecule has 0 saturated carbocycles. The molecular formula is C17H20N2O. The van der Waals surface area contributed by atoms with Crippen molar-refractivity contribution in [3.63, 3.8) is 0 Å². The Balaban J connectivity index is 2.02. The van der Waals surface area contributed by atoms with Crippen LogP contribution in [0.3, 0.4) is 0 Å². The molecule has 0 spiro atoms. The summed E-state index contributed by atoms with van der Waals surface area (Å²) in [4.78, 5) is 12.1. The van der Waals surface area contributed by atoms with Crippen molar-refractivity contribution in [3.8, 4) is 0 Å². The third-order valence-corrected chi connectivity index (χ3v) is 3.22. The van der Waals surface area contributed by atoms with Crippen LogP contribution in [0.1, 0.15) is 28.4 Å². The van der Waals surface area contributed by atoms with Gasteiger partial charge in [0.1, 0.15) is 0 Å². The predicted octanol–water partition coefficient (Wildman–Crippen LogP) is 3.22. The molecule has 0 unspecified atom stereocenters. The second kappa shape index (κ2) is 6.87. The van der Waals surface area contributed by atoms with Gasteiger partial charge in [0, 0.05) is 17.8 Å². The Morgan fingerprint density at radius 3 is 2.10 bits per heavy atom. The van der Waals surface area contributed by atoms with Gasteiger partial charge in [-0.3, -0.25) is 4.79 Å². The van der Waals surface area contributed by atoms with Crippen molar-refractivity contribution in [1.82, 2.24) is 5.32 Å². The lowest BCUT2D eigenvalue weighted by Gasteiger charge is -2.07. The van der Waals surface area contributed by atoms with Crippen LogP contribution in [-0.4, -0.2) is 13.0 Å². The van der Waals surface area contributed by atoms with Gasteiger partial charge in [-0.15, -0.1) is 0 Å². The van der Waals surface area contributed by atoms with Crippen LogP contribution in [0.25, 0.3) is 0 Å². The molecule has 0 radical (unpaired) electrons. The Labute approximate surface area is 120 Å². The molecule has 2 N–H and O–H groups in total. The van der Waals surface area contributed by atoms with Gasteiger partial charge in [0.25, 0.3) is 5.91 Å². The van der Waals surface area contributed by atoms with Crippen molar-refractivity contribution in [2.75, 3.05) is 12.4 Å². The molecule has 0 heterocycles. The first-order valence-corrected chi connectivity index (χ1v) is 6.86. The smallest absolute Gasteiger partial charge is 0.255 e. The summed E-state index contributed by atoms with van der Waals surface area (Å²) in [5.41, 5.74) is 3.92. The van der Waals surface area contributed by atoms with E-state index >= 15 is 0 Å². The van der Waals surface area contributed by atoms with Gasteiger partial charge in [-0.2, -0.15) is 0 Å². The Bertz CT molecular complexity index is 559. The number of anilines is 1. The SMILES string of the molecule is CCc1ccc(C(=O)Nc2ccc(CNC)cc2)cc1. The van der Waals surface area contributed by atoms with Crippen LogP contribution in [0.15, 0.2) is 48.5 Å². The largest absolute Gasteiger partial charge is 0.322 e. The molecule has 3 nitrogen and oxygen atoms in total. The molecule has 0 aliphatic rings. The van der Waals surface area contributed by atoms with Crippen LogP contribution in [0.4, 0.5) is 5.69 Å². The van der Waals surface area contributed by atoms with Crippen LogP contribution >= 0.6 is 0 Å².